The van der Waals surface area contributed by atoms with Gasteiger partial charge in [0.1, 0.15) is 17.5 Å². The number of nitriles is 1. The molecule has 1 aromatic carbocycles. The Hall–Kier alpha value is -3.40. The third-order valence-electron chi connectivity index (χ3n) is 2.93. The average Bonchev–Trinajstić information content (AvgIpc) is 2.88. The lowest BCUT2D eigenvalue weighted by atomic mass is 10.1. The van der Waals surface area contributed by atoms with Crippen LogP contribution in [0.25, 0.3) is 17.2 Å². The molecule has 0 atom stereocenters. The van der Waals surface area contributed by atoms with E-state index in [-0.39, 0.29) is 22.9 Å². The third-order valence-corrected chi connectivity index (χ3v) is 2.93. The standard InChI is InChI=1S/C14H10N6O/c15-7-10-8-17-20(13(10)16)14-18-11(6-12(21)19-14)9-4-2-1-3-5-9/h1-6,8H,16H2,(H,18,19,21). The first-order valence-electron chi connectivity index (χ1n) is 6.10. The van der Waals surface area contributed by atoms with Gasteiger partial charge in [0.25, 0.3) is 5.56 Å². The molecule has 0 aliphatic carbocycles. The largest absolute Gasteiger partial charge is 0.382 e. The number of nitrogens with zero attached hydrogens (tertiary/aromatic N) is 4. The minimum Gasteiger partial charge on any atom is -0.382 e. The maximum Gasteiger partial charge on any atom is 0.252 e. The summed E-state index contributed by atoms with van der Waals surface area (Å²) in [6, 6.07) is 12.6. The van der Waals surface area contributed by atoms with E-state index in [1.54, 1.807) is 0 Å². The van der Waals surface area contributed by atoms with Crippen LogP contribution in [0.5, 0.6) is 0 Å². The van der Waals surface area contributed by atoms with Crippen molar-refractivity contribution < 1.29 is 0 Å². The fourth-order valence-electron chi connectivity index (χ4n) is 1.91. The molecule has 0 saturated carbocycles. The van der Waals surface area contributed by atoms with Crippen LogP contribution in [0.15, 0.2) is 47.4 Å². The maximum atomic E-state index is 11.8. The van der Waals surface area contributed by atoms with Gasteiger partial charge in [-0.25, -0.2) is 4.98 Å². The lowest BCUT2D eigenvalue weighted by Gasteiger charge is -2.05. The SMILES string of the molecule is N#Cc1cnn(-c2nc(-c3ccccc3)cc(=O)[nH]2)c1N. The highest BCUT2D eigenvalue weighted by Crippen LogP contribution is 2.17. The Morgan fingerprint density at radius 2 is 2.05 bits per heavy atom. The Morgan fingerprint density at radius 3 is 2.71 bits per heavy atom. The minimum atomic E-state index is -0.327. The van der Waals surface area contributed by atoms with Crippen LogP contribution < -0.4 is 11.3 Å². The maximum absolute atomic E-state index is 11.8. The summed E-state index contributed by atoms with van der Waals surface area (Å²) in [6.07, 6.45) is 1.32. The van der Waals surface area contributed by atoms with Crippen molar-refractivity contribution in [2.24, 2.45) is 0 Å². The van der Waals surface area contributed by atoms with Gasteiger partial charge in [-0.1, -0.05) is 30.3 Å². The normalized spacial score (nSPS) is 10.2. The number of hydrogen-bond donors (Lipinski definition) is 2. The first-order valence-corrected chi connectivity index (χ1v) is 6.10. The third kappa shape index (κ3) is 2.26. The summed E-state index contributed by atoms with van der Waals surface area (Å²) < 4.78 is 1.23. The smallest absolute Gasteiger partial charge is 0.252 e. The van der Waals surface area contributed by atoms with Crippen molar-refractivity contribution in [2.45, 2.75) is 0 Å². The van der Waals surface area contributed by atoms with Gasteiger partial charge in [0.15, 0.2) is 0 Å². The Balaban J connectivity index is 2.17. The molecule has 3 aromatic rings. The monoisotopic (exact) mass is 278 g/mol. The number of rotatable bonds is 2. The molecule has 3 rings (SSSR count). The molecule has 21 heavy (non-hydrogen) atoms. The van der Waals surface area contributed by atoms with Crippen LogP contribution in [0.3, 0.4) is 0 Å². The second kappa shape index (κ2) is 4.94. The molecule has 102 valence electrons. The highest BCUT2D eigenvalue weighted by Gasteiger charge is 2.12. The van der Waals surface area contributed by atoms with Crippen LogP contribution in [0.2, 0.25) is 0 Å². The predicted octanol–water partition coefficient (Wildman–Crippen LogP) is 1.08. The van der Waals surface area contributed by atoms with E-state index in [4.69, 9.17) is 11.0 Å². The van der Waals surface area contributed by atoms with Crippen molar-refractivity contribution in [3.63, 3.8) is 0 Å². The zero-order chi connectivity index (χ0) is 14.8. The van der Waals surface area contributed by atoms with Crippen molar-refractivity contribution in [3.05, 3.63) is 58.5 Å². The van der Waals surface area contributed by atoms with E-state index in [0.29, 0.717) is 5.69 Å². The fourth-order valence-corrected chi connectivity index (χ4v) is 1.91. The van der Waals surface area contributed by atoms with Crippen molar-refractivity contribution in [2.75, 3.05) is 5.73 Å². The number of aromatic amines is 1. The topological polar surface area (TPSA) is 113 Å². The molecule has 0 radical (unpaired) electrons. The van der Waals surface area contributed by atoms with E-state index in [9.17, 15) is 4.79 Å². The van der Waals surface area contributed by atoms with E-state index in [0.717, 1.165) is 5.56 Å². The Labute approximate surface area is 119 Å². The number of nitrogen functional groups attached to an aromatic ring is 1. The second-order valence-corrected chi connectivity index (χ2v) is 4.29. The second-order valence-electron chi connectivity index (χ2n) is 4.29. The number of aromatic nitrogens is 4. The molecule has 0 aliphatic heterocycles. The van der Waals surface area contributed by atoms with E-state index >= 15 is 0 Å². The highest BCUT2D eigenvalue weighted by atomic mass is 16.1. The first-order chi connectivity index (χ1) is 10.2. The first kappa shape index (κ1) is 12.6. The highest BCUT2D eigenvalue weighted by molar-refractivity contribution is 5.59. The van der Waals surface area contributed by atoms with Crippen LogP contribution >= 0.6 is 0 Å². The number of nitrogens with two attached hydrogens (primary N) is 1. The Bertz CT molecular complexity index is 888. The van der Waals surface area contributed by atoms with Gasteiger partial charge in [-0.15, -0.1) is 0 Å². The van der Waals surface area contributed by atoms with Gasteiger partial charge in [-0.2, -0.15) is 15.0 Å². The van der Waals surface area contributed by atoms with Gasteiger partial charge in [0.2, 0.25) is 5.95 Å². The van der Waals surface area contributed by atoms with Gasteiger partial charge in [0.05, 0.1) is 11.9 Å². The molecular weight excluding hydrogens is 268 g/mol. The Kier molecular flexibility index (Phi) is 2.97. The summed E-state index contributed by atoms with van der Waals surface area (Å²) in [5, 5.41) is 12.9. The average molecular weight is 278 g/mol. The lowest BCUT2D eigenvalue weighted by molar-refractivity contribution is 0.812. The number of nitrogens with one attached hydrogen (secondary N) is 1. The molecule has 3 N–H and O–H groups in total. The molecule has 0 fully saturated rings. The van der Waals surface area contributed by atoms with Crippen LogP contribution in [-0.2, 0) is 0 Å². The van der Waals surface area contributed by atoms with E-state index in [1.165, 1.54) is 16.9 Å². The molecule has 2 aromatic heterocycles. The van der Waals surface area contributed by atoms with Gasteiger partial charge >= 0.3 is 0 Å². The van der Waals surface area contributed by atoms with Crippen molar-refractivity contribution >= 4 is 5.82 Å². The van der Waals surface area contributed by atoms with E-state index < -0.39 is 0 Å². The van der Waals surface area contributed by atoms with Gasteiger partial charge < -0.3 is 5.73 Å². The molecule has 0 amide bonds. The zero-order valence-corrected chi connectivity index (χ0v) is 10.8. The molecule has 7 nitrogen and oxygen atoms in total. The summed E-state index contributed by atoms with van der Waals surface area (Å²) >= 11 is 0. The van der Waals surface area contributed by atoms with Crippen molar-refractivity contribution in [1.82, 2.24) is 19.7 Å². The number of hydrogen-bond acceptors (Lipinski definition) is 5. The number of H-pyrrole nitrogens is 1. The van der Waals surface area contributed by atoms with Gasteiger partial charge in [0, 0.05) is 11.6 Å². The molecule has 7 heteroatoms. The van der Waals surface area contributed by atoms with Gasteiger partial charge in [-0.05, 0) is 0 Å². The predicted molar refractivity (Wildman–Crippen MR) is 76.5 cm³/mol. The lowest BCUT2D eigenvalue weighted by Crippen LogP contribution is -2.15. The number of benzene rings is 1. The summed E-state index contributed by atoms with van der Waals surface area (Å²) in [5.74, 6) is 0.297. The van der Waals surface area contributed by atoms with Crippen LogP contribution in [0.1, 0.15) is 5.56 Å². The summed E-state index contributed by atoms with van der Waals surface area (Å²) in [7, 11) is 0. The van der Waals surface area contributed by atoms with Crippen LogP contribution in [0, 0.1) is 11.3 Å². The minimum absolute atomic E-state index is 0.130. The van der Waals surface area contributed by atoms with Crippen LogP contribution in [0.4, 0.5) is 5.82 Å². The molecule has 0 saturated heterocycles. The molecule has 0 aliphatic rings. The molecule has 2 heterocycles. The fraction of sp³-hybridized carbons (Fsp3) is 0. The van der Waals surface area contributed by atoms with Crippen molar-refractivity contribution in [1.29, 1.82) is 5.26 Å². The molecular formula is C14H10N6O. The number of anilines is 1. The Morgan fingerprint density at radius 1 is 1.29 bits per heavy atom. The molecule has 0 unspecified atom stereocenters. The van der Waals surface area contributed by atoms with Gasteiger partial charge in [-0.3, -0.25) is 9.78 Å². The summed E-state index contributed by atoms with van der Waals surface area (Å²) in [5.41, 5.74) is 7.00. The molecule has 0 bridgehead atoms. The van der Waals surface area contributed by atoms with E-state index in [1.807, 2.05) is 36.4 Å². The van der Waals surface area contributed by atoms with Crippen molar-refractivity contribution in [3.8, 4) is 23.3 Å². The quantitative estimate of drug-likeness (QED) is 0.728. The van der Waals surface area contributed by atoms with Crippen LogP contribution in [-0.4, -0.2) is 19.7 Å². The summed E-state index contributed by atoms with van der Waals surface area (Å²) in [6.45, 7) is 0. The summed E-state index contributed by atoms with van der Waals surface area (Å²) in [4.78, 5) is 18.7. The zero-order valence-electron chi connectivity index (χ0n) is 10.8. The molecule has 0 spiro atoms. The van der Waals surface area contributed by atoms with E-state index in [2.05, 4.69) is 15.1 Å².